The molecule has 0 amide bonds. The molecule has 504 valence electrons. The van der Waals surface area contributed by atoms with E-state index in [-0.39, 0.29) is 0 Å². The third-order valence-electron chi connectivity index (χ3n) is 20.9. The minimum absolute atomic E-state index is 0.590. The molecule has 10 nitrogen and oxygen atoms in total. The molecule has 12 heteroatoms. The maximum absolute atomic E-state index is 6.88. The van der Waals surface area contributed by atoms with E-state index in [2.05, 4.69) is 312 Å². The van der Waals surface area contributed by atoms with Gasteiger partial charge >= 0.3 is 0 Å². The predicted molar refractivity (Wildman–Crippen MR) is 447 cm³/mol. The highest BCUT2D eigenvalue weighted by Crippen LogP contribution is 2.47. The molecule has 108 heavy (non-hydrogen) atoms. The third kappa shape index (κ3) is 9.99. The first kappa shape index (κ1) is 61.4. The second-order valence-electron chi connectivity index (χ2n) is 27.2. The van der Waals surface area contributed by atoms with Crippen LogP contribution in [0.3, 0.4) is 0 Å². The third-order valence-corrected chi connectivity index (χ3v) is 23.2. The Hall–Kier alpha value is -14.0. The van der Waals surface area contributed by atoms with Crippen molar-refractivity contribution in [2.45, 2.75) is 0 Å². The maximum atomic E-state index is 6.88. The van der Waals surface area contributed by atoms with E-state index < -0.39 is 0 Å². The summed E-state index contributed by atoms with van der Waals surface area (Å²) < 4.78 is 23.2. The summed E-state index contributed by atoms with van der Waals surface area (Å²) in [5.74, 6) is 3.72. The summed E-state index contributed by atoms with van der Waals surface area (Å²) in [6, 6.07) is 118. The Labute approximate surface area is 624 Å². The van der Waals surface area contributed by atoms with Crippen LogP contribution in [0, 0.1) is 0 Å². The van der Waals surface area contributed by atoms with Crippen LogP contribution in [0.5, 0.6) is 0 Å². The van der Waals surface area contributed by atoms with Gasteiger partial charge in [-0.1, -0.05) is 231 Å². The first-order valence-corrected chi connectivity index (χ1v) is 37.6. The second-order valence-corrected chi connectivity index (χ2v) is 29.3. The van der Waals surface area contributed by atoms with Gasteiger partial charge in [0.25, 0.3) is 0 Å². The molecule has 0 aliphatic carbocycles. The molecule has 0 atom stereocenters. The summed E-state index contributed by atoms with van der Waals surface area (Å²) >= 11 is 3.58. The van der Waals surface area contributed by atoms with Crippen LogP contribution in [0.25, 0.3) is 219 Å². The summed E-state index contributed by atoms with van der Waals surface area (Å²) in [6.45, 7) is 0. The predicted octanol–water partition coefficient (Wildman–Crippen LogP) is 26.1. The van der Waals surface area contributed by atoms with Crippen molar-refractivity contribution in [2.75, 3.05) is 0 Å². The number of aromatic nitrogens is 8. The monoisotopic (exact) mass is 1420 g/mol. The summed E-state index contributed by atoms with van der Waals surface area (Å²) in [5.41, 5.74) is 17.9. The lowest BCUT2D eigenvalue weighted by atomic mass is 10.0. The zero-order valence-electron chi connectivity index (χ0n) is 57.5. The zero-order valence-corrected chi connectivity index (χ0v) is 59.2. The van der Waals surface area contributed by atoms with E-state index in [9.17, 15) is 0 Å². The molecule has 0 aliphatic heterocycles. The topological polar surface area (TPSA) is 113 Å². The molecule has 0 radical (unpaired) electrons. The van der Waals surface area contributed by atoms with Crippen molar-refractivity contribution in [3.05, 3.63) is 340 Å². The number of rotatable bonds is 9. The van der Waals surface area contributed by atoms with Gasteiger partial charge in [-0.2, -0.15) is 0 Å². The van der Waals surface area contributed by atoms with Crippen molar-refractivity contribution < 1.29 is 8.83 Å². The van der Waals surface area contributed by atoms with E-state index >= 15 is 0 Å². The second kappa shape index (κ2) is 24.8. The first-order chi connectivity index (χ1) is 53.5. The summed E-state index contributed by atoms with van der Waals surface area (Å²) in [4.78, 5) is 30.9. The highest BCUT2D eigenvalue weighted by molar-refractivity contribution is 7.26. The lowest BCUT2D eigenvalue weighted by Crippen LogP contribution is -2.00. The van der Waals surface area contributed by atoms with Crippen molar-refractivity contribution in [2.24, 2.45) is 0 Å². The molecule has 0 saturated heterocycles. The fraction of sp³-hybridized carbons (Fsp3) is 0. The molecule has 0 fully saturated rings. The van der Waals surface area contributed by atoms with Crippen molar-refractivity contribution in [1.29, 1.82) is 0 Å². The number of thiophene rings is 2. The number of nitrogens with zero attached hydrogens (tertiary/aromatic N) is 8. The number of benzene rings is 15. The van der Waals surface area contributed by atoms with Crippen LogP contribution in [0.15, 0.2) is 349 Å². The Bertz CT molecular complexity index is 7550. The lowest BCUT2D eigenvalue weighted by molar-refractivity contribution is 0.672. The van der Waals surface area contributed by atoms with Crippen LogP contribution >= 0.6 is 22.7 Å². The molecule has 0 saturated carbocycles. The summed E-state index contributed by atoms with van der Waals surface area (Å²) in [6.07, 6.45) is 0. The van der Waals surface area contributed by atoms with Gasteiger partial charge in [-0.3, -0.25) is 0 Å². The smallest absolute Gasteiger partial charge is 0.164 e. The van der Waals surface area contributed by atoms with E-state index in [1.165, 1.54) is 35.0 Å². The SMILES string of the molecule is c1ccc(-c2ccc(-c3nc(-c4ccc5c(c4)oc4c5ccc5c4c4ccccc4n5-c4ccccc4)nc(-c4cccc5sc6ccccc6c45)n3)cc2)cc1.c1ccc(-c2nc(-c3ccc4c(c3)oc3c4ccc4c3c3ccccc3n4-c3ccccc3)nc(-c3cccc4sc5ccccc5c34)n2)cc1. The van der Waals surface area contributed by atoms with Gasteiger partial charge in [0.15, 0.2) is 34.9 Å². The number of para-hydroxylation sites is 4. The van der Waals surface area contributed by atoms with Crippen LogP contribution in [-0.2, 0) is 0 Å². The number of furan rings is 2. The van der Waals surface area contributed by atoms with Gasteiger partial charge in [0.1, 0.15) is 22.3 Å². The Morgan fingerprint density at radius 2 is 0.546 bits per heavy atom. The molecule has 0 aliphatic rings. The average molecular weight is 1420 g/mol. The molecule has 0 N–H and O–H groups in total. The molecular formula is C96H56N8O2S2. The van der Waals surface area contributed by atoms with Crippen LogP contribution in [0.4, 0.5) is 0 Å². The van der Waals surface area contributed by atoms with Crippen molar-refractivity contribution in [3.8, 4) is 90.8 Å². The molecule has 23 rings (SSSR count). The minimum atomic E-state index is 0.590. The normalized spacial score (nSPS) is 11.9. The average Bonchev–Trinajstić information content (AvgIpc) is 1.57. The summed E-state index contributed by atoms with van der Waals surface area (Å²) in [5, 5.41) is 13.5. The molecule has 8 aromatic heterocycles. The zero-order chi connectivity index (χ0) is 70.9. The van der Waals surface area contributed by atoms with E-state index in [0.717, 1.165) is 149 Å². The van der Waals surface area contributed by atoms with Crippen molar-refractivity contribution >= 4 is 151 Å². The lowest BCUT2D eigenvalue weighted by Gasteiger charge is -2.10. The van der Waals surface area contributed by atoms with E-state index in [0.29, 0.717) is 34.9 Å². The largest absolute Gasteiger partial charge is 0.455 e. The first-order valence-electron chi connectivity index (χ1n) is 36.0. The van der Waals surface area contributed by atoms with E-state index in [1.807, 2.05) is 36.4 Å². The van der Waals surface area contributed by atoms with E-state index in [1.54, 1.807) is 22.7 Å². The van der Waals surface area contributed by atoms with Gasteiger partial charge in [-0.25, -0.2) is 29.9 Å². The number of hydrogen-bond acceptors (Lipinski definition) is 10. The Kier molecular flexibility index (Phi) is 14.1. The van der Waals surface area contributed by atoms with Crippen molar-refractivity contribution in [3.63, 3.8) is 0 Å². The van der Waals surface area contributed by atoms with Crippen LogP contribution in [-0.4, -0.2) is 39.0 Å². The van der Waals surface area contributed by atoms with E-state index in [4.69, 9.17) is 38.7 Å². The quantitative estimate of drug-likeness (QED) is 0.140. The maximum Gasteiger partial charge on any atom is 0.164 e. The van der Waals surface area contributed by atoms with Gasteiger partial charge in [-0.05, 0) is 120 Å². The fourth-order valence-corrected chi connectivity index (χ4v) is 18.3. The fourth-order valence-electron chi connectivity index (χ4n) is 16.0. The highest BCUT2D eigenvalue weighted by atomic mass is 32.1. The van der Waals surface area contributed by atoms with Gasteiger partial charge < -0.3 is 18.0 Å². The molecule has 0 bridgehead atoms. The molecule has 15 aromatic carbocycles. The Morgan fingerprint density at radius 1 is 0.213 bits per heavy atom. The van der Waals surface area contributed by atoms with Gasteiger partial charge in [0, 0.05) is 117 Å². The molecular weight excluding hydrogens is 1360 g/mol. The Balaban J connectivity index is 0.000000135. The molecule has 23 aromatic rings. The van der Waals surface area contributed by atoms with Crippen LogP contribution in [0.1, 0.15) is 0 Å². The standard InChI is InChI=1S/C51H30N4OS.C45H26N4OS/c1-3-12-31(13-4-1)32-22-24-33(25-23-32)49-52-50(54-51(53-49)40-18-11-21-45-46(40)39-17-8-10-20-44(39)57-45)34-26-27-36-37-28-29-42-47(48(37)56-43(36)30-34)38-16-7-9-19-41(38)55(42)35-14-5-2-6-15-35;1-3-12-27(13-4-1)43-46-44(48-45(47-43)34-18-11-21-39-40(34)33-17-8-10-20-38(33)51-39)28-22-23-30-31-24-25-36-41(42(31)50-37(30)26-28)32-16-7-9-19-35(32)49(36)29-14-5-2-6-15-29/h1-30H;1-26H. The number of hydrogen-bond donors (Lipinski definition) is 0. The van der Waals surface area contributed by atoms with Gasteiger partial charge in [0.05, 0.1) is 32.8 Å². The van der Waals surface area contributed by atoms with Gasteiger partial charge in [-0.15, -0.1) is 22.7 Å². The highest BCUT2D eigenvalue weighted by Gasteiger charge is 2.25. The molecule has 0 unspecified atom stereocenters. The Morgan fingerprint density at radius 3 is 1.01 bits per heavy atom. The van der Waals surface area contributed by atoms with Gasteiger partial charge in [0.2, 0.25) is 0 Å². The minimum Gasteiger partial charge on any atom is -0.455 e. The van der Waals surface area contributed by atoms with Crippen molar-refractivity contribution in [1.82, 2.24) is 39.0 Å². The molecule has 8 heterocycles. The van der Waals surface area contributed by atoms with Crippen LogP contribution in [0.2, 0.25) is 0 Å². The number of fused-ring (bicyclic) bond motifs is 20. The summed E-state index contributed by atoms with van der Waals surface area (Å²) in [7, 11) is 0. The van der Waals surface area contributed by atoms with Crippen LogP contribution < -0.4 is 0 Å². The molecule has 0 spiro atoms.